The minimum Gasteiger partial charge on any atom is -0.335 e. The lowest BCUT2D eigenvalue weighted by Crippen LogP contribution is -2.44. The Morgan fingerprint density at radius 2 is 2.14 bits per heavy atom. The summed E-state index contributed by atoms with van der Waals surface area (Å²) in [6.07, 6.45) is 5.08. The number of nitrogens with zero attached hydrogens (tertiary/aromatic N) is 1. The molecule has 0 bridgehead atoms. The molecular formula is C16H19N3OS. The number of hydrogen-bond acceptors (Lipinski definition) is 3. The van der Waals surface area contributed by atoms with Crippen LogP contribution in [0, 0.1) is 5.92 Å². The molecule has 4 nitrogen and oxygen atoms in total. The van der Waals surface area contributed by atoms with Crippen molar-refractivity contribution in [2.75, 3.05) is 0 Å². The van der Waals surface area contributed by atoms with E-state index < -0.39 is 0 Å². The molecule has 2 amide bonds. The Bertz CT molecular complexity index is 566. The zero-order valence-electron chi connectivity index (χ0n) is 11.8. The average Bonchev–Trinajstić information content (AvgIpc) is 3.22. The van der Waals surface area contributed by atoms with Gasteiger partial charge in [0.05, 0.1) is 6.54 Å². The molecule has 2 N–H and O–H groups in total. The summed E-state index contributed by atoms with van der Waals surface area (Å²) < 4.78 is 0. The number of carbonyl (C=O) groups is 1. The van der Waals surface area contributed by atoms with E-state index in [9.17, 15) is 4.79 Å². The molecule has 0 radical (unpaired) electrons. The quantitative estimate of drug-likeness (QED) is 0.862. The SMILES string of the molecule is O=C(NCc1nccs1)N[C@H](Cc1ccccc1)C1CC1. The second-order valence-corrected chi connectivity index (χ2v) is 6.37. The molecule has 1 aliphatic carbocycles. The van der Waals surface area contributed by atoms with Gasteiger partial charge in [-0.15, -0.1) is 11.3 Å². The lowest BCUT2D eigenvalue weighted by molar-refractivity contribution is 0.235. The van der Waals surface area contributed by atoms with Gasteiger partial charge in [0.2, 0.25) is 0 Å². The highest BCUT2D eigenvalue weighted by atomic mass is 32.1. The summed E-state index contributed by atoms with van der Waals surface area (Å²) >= 11 is 1.55. The Kier molecular flexibility index (Phi) is 4.50. The minimum absolute atomic E-state index is 0.0990. The molecule has 110 valence electrons. The predicted molar refractivity (Wildman–Crippen MR) is 84.1 cm³/mol. The third kappa shape index (κ3) is 4.29. The zero-order chi connectivity index (χ0) is 14.5. The molecule has 0 spiro atoms. The smallest absolute Gasteiger partial charge is 0.315 e. The van der Waals surface area contributed by atoms with Crippen LogP contribution in [0.5, 0.6) is 0 Å². The van der Waals surface area contributed by atoms with E-state index in [1.807, 2.05) is 23.6 Å². The van der Waals surface area contributed by atoms with Gasteiger partial charge in [-0.25, -0.2) is 9.78 Å². The molecule has 1 heterocycles. The van der Waals surface area contributed by atoms with Gasteiger partial charge in [-0.05, 0) is 30.7 Å². The number of aromatic nitrogens is 1. The lowest BCUT2D eigenvalue weighted by atomic mass is 10.0. The Labute approximate surface area is 128 Å². The standard InChI is InChI=1S/C16H19N3OS/c20-16(18-11-15-17-8-9-21-15)19-14(13-6-7-13)10-12-4-2-1-3-5-12/h1-5,8-9,13-14H,6-7,10-11H2,(H2,18,19,20)/t14-/m1/s1. The summed E-state index contributed by atoms with van der Waals surface area (Å²) in [6, 6.07) is 10.5. The van der Waals surface area contributed by atoms with Crippen molar-refractivity contribution in [3.05, 3.63) is 52.5 Å². The number of carbonyl (C=O) groups excluding carboxylic acids is 1. The predicted octanol–water partition coefficient (Wildman–Crippen LogP) is 2.96. The average molecular weight is 301 g/mol. The van der Waals surface area contributed by atoms with Crippen LogP contribution >= 0.6 is 11.3 Å². The van der Waals surface area contributed by atoms with E-state index in [4.69, 9.17) is 0 Å². The summed E-state index contributed by atoms with van der Waals surface area (Å²) in [5.74, 6) is 0.621. The number of rotatable bonds is 6. The Hall–Kier alpha value is -1.88. The maximum atomic E-state index is 12.0. The van der Waals surface area contributed by atoms with Gasteiger partial charge in [0.25, 0.3) is 0 Å². The van der Waals surface area contributed by atoms with Crippen molar-refractivity contribution in [1.82, 2.24) is 15.6 Å². The van der Waals surface area contributed by atoms with Gasteiger partial charge in [0, 0.05) is 17.6 Å². The number of hydrogen-bond donors (Lipinski definition) is 2. The zero-order valence-corrected chi connectivity index (χ0v) is 12.6. The van der Waals surface area contributed by atoms with Crippen molar-refractivity contribution < 1.29 is 4.79 Å². The van der Waals surface area contributed by atoms with Gasteiger partial charge in [0.15, 0.2) is 0 Å². The molecule has 0 saturated heterocycles. The summed E-state index contributed by atoms with van der Waals surface area (Å²) in [6.45, 7) is 0.492. The molecule has 21 heavy (non-hydrogen) atoms. The summed E-state index contributed by atoms with van der Waals surface area (Å²) in [5, 5.41) is 8.84. The molecule has 1 aromatic carbocycles. The van der Waals surface area contributed by atoms with E-state index in [-0.39, 0.29) is 12.1 Å². The number of amides is 2. The molecule has 1 aromatic heterocycles. The number of benzene rings is 1. The molecule has 1 saturated carbocycles. The molecule has 0 unspecified atom stereocenters. The van der Waals surface area contributed by atoms with Crippen molar-refractivity contribution in [1.29, 1.82) is 0 Å². The maximum Gasteiger partial charge on any atom is 0.315 e. The molecule has 1 aliphatic rings. The van der Waals surface area contributed by atoms with Crippen LogP contribution in [0.2, 0.25) is 0 Å². The largest absolute Gasteiger partial charge is 0.335 e. The van der Waals surface area contributed by atoms with Gasteiger partial charge < -0.3 is 10.6 Å². The van der Waals surface area contributed by atoms with Crippen molar-refractivity contribution >= 4 is 17.4 Å². The normalized spacial score (nSPS) is 15.4. The van der Waals surface area contributed by atoms with E-state index >= 15 is 0 Å². The van der Waals surface area contributed by atoms with E-state index in [2.05, 4.69) is 27.8 Å². The fraction of sp³-hybridized carbons (Fsp3) is 0.375. The van der Waals surface area contributed by atoms with Gasteiger partial charge in [-0.2, -0.15) is 0 Å². The maximum absolute atomic E-state index is 12.0. The van der Waals surface area contributed by atoms with Crippen LogP contribution in [0.25, 0.3) is 0 Å². The first kappa shape index (κ1) is 14.1. The Morgan fingerprint density at radius 1 is 1.33 bits per heavy atom. The summed E-state index contributed by atoms with van der Waals surface area (Å²) in [5.41, 5.74) is 1.27. The van der Waals surface area contributed by atoms with Crippen LogP contribution in [-0.2, 0) is 13.0 Å². The van der Waals surface area contributed by atoms with E-state index in [1.54, 1.807) is 17.5 Å². The fourth-order valence-corrected chi connectivity index (χ4v) is 2.97. The molecular weight excluding hydrogens is 282 g/mol. The molecule has 3 rings (SSSR count). The number of nitrogens with one attached hydrogen (secondary N) is 2. The molecule has 0 aliphatic heterocycles. The topological polar surface area (TPSA) is 54.0 Å². The molecule has 1 atom stereocenters. The second-order valence-electron chi connectivity index (χ2n) is 5.39. The first-order valence-electron chi connectivity index (χ1n) is 7.28. The first-order valence-corrected chi connectivity index (χ1v) is 8.16. The Balaban J connectivity index is 1.51. The van der Waals surface area contributed by atoms with Crippen LogP contribution in [0.4, 0.5) is 4.79 Å². The summed E-state index contributed by atoms with van der Waals surface area (Å²) in [7, 11) is 0. The number of thiazole rings is 1. The summed E-state index contributed by atoms with van der Waals surface area (Å²) in [4.78, 5) is 16.2. The van der Waals surface area contributed by atoms with Crippen LogP contribution < -0.4 is 10.6 Å². The Morgan fingerprint density at radius 3 is 2.81 bits per heavy atom. The third-order valence-electron chi connectivity index (χ3n) is 3.69. The van der Waals surface area contributed by atoms with Crippen LogP contribution in [0.3, 0.4) is 0 Å². The monoisotopic (exact) mass is 301 g/mol. The van der Waals surface area contributed by atoms with Crippen molar-refractivity contribution in [2.45, 2.75) is 31.8 Å². The highest BCUT2D eigenvalue weighted by Gasteiger charge is 2.32. The van der Waals surface area contributed by atoms with Gasteiger partial charge in [-0.1, -0.05) is 30.3 Å². The molecule has 5 heteroatoms. The third-order valence-corrected chi connectivity index (χ3v) is 4.47. The first-order chi connectivity index (χ1) is 10.3. The van der Waals surface area contributed by atoms with Crippen LogP contribution in [-0.4, -0.2) is 17.1 Å². The van der Waals surface area contributed by atoms with Gasteiger partial charge >= 0.3 is 6.03 Å². The minimum atomic E-state index is -0.0990. The van der Waals surface area contributed by atoms with Crippen LogP contribution in [0.15, 0.2) is 41.9 Å². The van der Waals surface area contributed by atoms with Crippen molar-refractivity contribution in [2.24, 2.45) is 5.92 Å². The van der Waals surface area contributed by atoms with Crippen molar-refractivity contribution in [3.8, 4) is 0 Å². The van der Waals surface area contributed by atoms with E-state index in [0.717, 1.165) is 11.4 Å². The lowest BCUT2D eigenvalue weighted by Gasteiger charge is -2.18. The second kappa shape index (κ2) is 6.72. The fourth-order valence-electron chi connectivity index (χ4n) is 2.42. The molecule has 2 aromatic rings. The molecule has 1 fully saturated rings. The van der Waals surface area contributed by atoms with Crippen LogP contribution in [0.1, 0.15) is 23.4 Å². The van der Waals surface area contributed by atoms with Gasteiger partial charge in [0.1, 0.15) is 5.01 Å². The van der Waals surface area contributed by atoms with Crippen molar-refractivity contribution in [3.63, 3.8) is 0 Å². The van der Waals surface area contributed by atoms with E-state index in [0.29, 0.717) is 12.5 Å². The highest BCUT2D eigenvalue weighted by Crippen LogP contribution is 2.34. The van der Waals surface area contributed by atoms with Gasteiger partial charge in [-0.3, -0.25) is 0 Å². The number of urea groups is 1. The highest BCUT2D eigenvalue weighted by molar-refractivity contribution is 7.09. The van der Waals surface area contributed by atoms with E-state index in [1.165, 1.54) is 18.4 Å².